The first kappa shape index (κ1) is 22.9. The minimum atomic E-state index is -4.85. The molecule has 3 aromatic rings. The standard InChI is InChI=1S/C21H15F4N3O3S/c1-13(29)28(18-8-3-2-7-17(18)22)20-27-15(12-32-20)9-10-19(30)26-14-5-4-6-16(11-14)31-21(23,24)25/h2-12H,1H3,(H,26,30)/b10-9+. The minimum Gasteiger partial charge on any atom is -0.406 e. The van der Waals surface area contributed by atoms with Gasteiger partial charge in [-0.3, -0.25) is 14.5 Å². The van der Waals surface area contributed by atoms with Crippen LogP contribution < -0.4 is 15.0 Å². The van der Waals surface area contributed by atoms with Crippen molar-refractivity contribution in [2.24, 2.45) is 0 Å². The summed E-state index contributed by atoms with van der Waals surface area (Å²) in [6, 6.07) is 10.6. The van der Waals surface area contributed by atoms with Gasteiger partial charge >= 0.3 is 6.36 Å². The summed E-state index contributed by atoms with van der Waals surface area (Å²) in [6.45, 7) is 1.27. The maximum Gasteiger partial charge on any atom is 0.573 e. The molecule has 0 aliphatic carbocycles. The molecule has 0 aliphatic rings. The Balaban J connectivity index is 1.70. The number of nitrogens with zero attached hydrogens (tertiary/aromatic N) is 2. The SMILES string of the molecule is CC(=O)N(c1nc(/C=C/C(=O)Nc2cccc(OC(F)(F)F)c2)cs1)c1ccccc1F. The Morgan fingerprint density at radius 3 is 2.59 bits per heavy atom. The van der Waals surface area contributed by atoms with Crippen molar-refractivity contribution in [1.82, 2.24) is 4.98 Å². The highest BCUT2D eigenvalue weighted by Crippen LogP contribution is 2.31. The van der Waals surface area contributed by atoms with Gasteiger partial charge in [0.2, 0.25) is 11.8 Å². The third-order valence-corrected chi connectivity index (χ3v) is 4.69. The molecule has 1 N–H and O–H groups in total. The molecular formula is C21H15F4N3O3S. The van der Waals surface area contributed by atoms with E-state index in [9.17, 15) is 27.2 Å². The number of para-hydroxylation sites is 1. The summed E-state index contributed by atoms with van der Waals surface area (Å²) in [7, 11) is 0. The van der Waals surface area contributed by atoms with Crippen LogP contribution in [0.2, 0.25) is 0 Å². The lowest BCUT2D eigenvalue weighted by atomic mass is 10.3. The average molecular weight is 465 g/mol. The van der Waals surface area contributed by atoms with Gasteiger partial charge in [0.15, 0.2) is 5.13 Å². The van der Waals surface area contributed by atoms with Crippen LogP contribution >= 0.6 is 11.3 Å². The Bertz CT molecular complexity index is 1160. The third-order valence-electron chi connectivity index (χ3n) is 3.85. The molecule has 0 fully saturated rings. The Morgan fingerprint density at radius 2 is 1.91 bits per heavy atom. The van der Waals surface area contributed by atoms with E-state index in [0.717, 1.165) is 34.4 Å². The number of hydrogen-bond donors (Lipinski definition) is 1. The van der Waals surface area contributed by atoms with E-state index >= 15 is 0 Å². The van der Waals surface area contributed by atoms with Gasteiger partial charge in [0.05, 0.1) is 11.4 Å². The van der Waals surface area contributed by atoms with Gasteiger partial charge in [-0.2, -0.15) is 0 Å². The predicted molar refractivity (Wildman–Crippen MR) is 112 cm³/mol. The number of benzene rings is 2. The van der Waals surface area contributed by atoms with Crippen LogP contribution in [0.25, 0.3) is 6.08 Å². The van der Waals surface area contributed by atoms with Crippen molar-refractivity contribution in [2.45, 2.75) is 13.3 Å². The number of ether oxygens (including phenoxy) is 1. The molecular weight excluding hydrogens is 450 g/mol. The fraction of sp³-hybridized carbons (Fsp3) is 0.0952. The van der Waals surface area contributed by atoms with Gasteiger partial charge in [0.25, 0.3) is 0 Å². The number of nitrogens with one attached hydrogen (secondary N) is 1. The van der Waals surface area contributed by atoms with Crippen LogP contribution in [0.3, 0.4) is 0 Å². The highest BCUT2D eigenvalue weighted by atomic mass is 32.1. The summed E-state index contributed by atoms with van der Waals surface area (Å²) in [5, 5.41) is 4.18. The van der Waals surface area contributed by atoms with Gasteiger partial charge in [-0.1, -0.05) is 18.2 Å². The van der Waals surface area contributed by atoms with Gasteiger partial charge in [0, 0.05) is 30.1 Å². The van der Waals surface area contributed by atoms with Crippen molar-refractivity contribution in [2.75, 3.05) is 10.2 Å². The maximum absolute atomic E-state index is 14.1. The van der Waals surface area contributed by atoms with Gasteiger partial charge in [-0.15, -0.1) is 24.5 Å². The van der Waals surface area contributed by atoms with Crippen molar-refractivity contribution in [3.8, 4) is 5.75 Å². The lowest BCUT2D eigenvalue weighted by molar-refractivity contribution is -0.274. The topological polar surface area (TPSA) is 71.5 Å². The molecule has 32 heavy (non-hydrogen) atoms. The molecule has 0 spiro atoms. The van der Waals surface area contributed by atoms with E-state index < -0.39 is 29.7 Å². The fourth-order valence-corrected chi connectivity index (χ4v) is 3.46. The van der Waals surface area contributed by atoms with Crippen molar-refractivity contribution < 1.29 is 31.9 Å². The second kappa shape index (κ2) is 9.60. The predicted octanol–water partition coefficient (Wildman–Crippen LogP) is 5.52. The largest absolute Gasteiger partial charge is 0.573 e. The molecule has 0 saturated carbocycles. The zero-order valence-electron chi connectivity index (χ0n) is 16.4. The Labute approximate surface area is 183 Å². The van der Waals surface area contributed by atoms with Crippen LogP contribution in [-0.2, 0) is 9.59 Å². The first-order valence-corrected chi connectivity index (χ1v) is 9.86. The number of carbonyl (C=O) groups excluding carboxylic acids is 2. The summed E-state index contributed by atoms with van der Waals surface area (Å²) >= 11 is 1.07. The highest BCUT2D eigenvalue weighted by molar-refractivity contribution is 7.14. The summed E-state index contributed by atoms with van der Waals surface area (Å²) in [5.41, 5.74) is 0.475. The van der Waals surface area contributed by atoms with E-state index in [0.29, 0.717) is 5.69 Å². The number of amides is 2. The second-order valence-electron chi connectivity index (χ2n) is 6.26. The maximum atomic E-state index is 14.1. The summed E-state index contributed by atoms with van der Waals surface area (Å²) in [6.07, 6.45) is -2.37. The zero-order chi connectivity index (χ0) is 23.3. The summed E-state index contributed by atoms with van der Waals surface area (Å²) < 4.78 is 54.9. The molecule has 2 amide bonds. The van der Waals surface area contributed by atoms with Crippen LogP contribution in [0.4, 0.5) is 34.1 Å². The molecule has 1 heterocycles. The summed E-state index contributed by atoms with van der Waals surface area (Å²) in [4.78, 5) is 29.5. The number of aromatic nitrogens is 1. The molecule has 11 heteroatoms. The fourth-order valence-electron chi connectivity index (χ4n) is 2.61. The molecule has 166 valence electrons. The molecule has 1 aromatic heterocycles. The monoisotopic (exact) mass is 465 g/mol. The molecule has 6 nitrogen and oxygen atoms in total. The molecule has 0 unspecified atom stereocenters. The van der Waals surface area contributed by atoms with Gasteiger partial charge < -0.3 is 10.1 Å². The van der Waals surface area contributed by atoms with E-state index in [-0.39, 0.29) is 16.5 Å². The normalized spacial score (nSPS) is 11.4. The zero-order valence-corrected chi connectivity index (χ0v) is 17.2. The summed E-state index contributed by atoms with van der Waals surface area (Å²) in [5.74, 6) is -2.13. The van der Waals surface area contributed by atoms with Gasteiger partial charge in [-0.25, -0.2) is 9.37 Å². The van der Waals surface area contributed by atoms with Crippen LogP contribution in [0.5, 0.6) is 5.75 Å². The highest BCUT2D eigenvalue weighted by Gasteiger charge is 2.31. The lowest BCUT2D eigenvalue weighted by Gasteiger charge is -2.18. The number of anilines is 3. The number of carbonyl (C=O) groups is 2. The molecule has 2 aromatic carbocycles. The van der Waals surface area contributed by atoms with Gasteiger partial charge in [-0.05, 0) is 30.3 Å². The molecule has 0 aliphatic heterocycles. The van der Waals surface area contributed by atoms with Crippen molar-refractivity contribution in [3.05, 3.63) is 71.5 Å². The minimum absolute atomic E-state index is 0.0450. The Morgan fingerprint density at radius 1 is 1.16 bits per heavy atom. The number of halogens is 4. The smallest absolute Gasteiger partial charge is 0.406 e. The average Bonchev–Trinajstić information content (AvgIpc) is 3.15. The van der Waals surface area contributed by atoms with Crippen LogP contribution in [0.15, 0.2) is 60.0 Å². The Kier molecular flexibility index (Phi) is 6.89. The van der Waals surface area contributed by atoms with E-state index in [2.05, 4.69) is 15.0 Å². The number of thiazole rings is 1. The van der Waals surface area contributed by atoms with E-state index in [4.69, 9.17) is 0 Å². The first-order valence-electron chi connectivity index (χ1n) is 8.98. The quantitative estimate of drug-likeness (QED) is 0.385. The van der Waals surface area contributed by atoms with Crippen LogP contribution in [-0.4, -0.2) is 23.2 Å². The molecule has 0 saturated heterocycles. The van der Waals surface area contributed by atoms with Crippen molar-refractivity contribution in [3.63, 3.8) is 0 Å². The van der Waals surface area contributed by atoms with Crippen molar-refractivity contribution in [1.29, 1.82) is 0 Å². The van der Waals surface area contributed by atoms with Crippen LogP contribution in [0.1, 0.15) is 12.6 Å². The molecule has 3 rings (SSSR count). The second-order valence-corrected chi connectivity index (χ2v) is 7.10. The van der Waals surface area contributed by atoms with Gasteiger partial charge in [0.1, 0.15) is 11.6 Å². The number of alkyl halides is 3. The molecule has 0 atom stereocenters. The molecule has 0 bridgehead atoms. The van der Waals surface area contributed by atoms with E-state index in [1.807, 2.05) is 0 Å². The van der Waals surface area contributed by atoms with E-state index in [1.54, 1.807) is 11.4 Å². The van der Waals surface area contributed by atoms with E-state index in [1.165, 1.54) is 43.3 Å². The van der Waals surface area contributed by atoms with Crippen molar-refractivity contribution >= 4 is 45.7 Å². The molecule has 0 radical (unpaired) electrons. The Hall–Kier alpha value is -3.73. The number of rotatable bonds is 6. The first-order chi connectivity index (χ1) is 15.1. The number of hydrogen-bond acceptors (Lipinski definition) is 5. The van der Waals surface area contributed by atoms with Crippen LogP contribution in [0, 0.1) is 5.82 Å². The third kappa shape index (κ3) is 6.14. The lowest BCUT2D eigenvalue weighted by Crippen LogP contribution is -2.23.